The van der Waals surface area contributed by atoms with Gasteiger partial charge in [0.2, 0.25) is 0 Å². The molecule has 1 aliphatic heterocycles. The monoisotopic (exact) mass is 228 g/mol. The summed E-state index contributed by atoms with van der Waals surface area (Å²) in [7, 11) is 1.99. The molecule has 16 heavy (non-hydrogen) atoms. The highest BCUT2D eigenvalue weighted by Gasteiger charge is 2.23. The van der Waals surface area contributed by atoms with Gasteiger partial charge in [0.25, 0.3) is 0 Å². The lowest BCUT2D eigenvalue weighted by atomic mass is 9.92. The summed E-state index contributed by atoms with van der Waals surface area (Å²) in [6.07, 6.45) is 3.94. The van der Waals surface area contributed by atoms with Gasteiger partial charge in [0.1, 0.15) is 0 Å². The molecule has 0 aromatic heterocycles. The number of piperidine rings is 1. The fraction of sp³-hybridized carbons (Fsp3) is 0.917. The molecule has 1 fully saturated rings. The van der Waals surface area contributed by atoms with Gasteiger partial charge in [-0.3, -0.25) is 4.79 Å². The molecule has 1 rings (SSSR count). The summed E-state index contributed by atoms with van der Waals surface area (Å²) in [6.45, 7) is 5.23. The third kappa shape index (κ3) is 4.49. The molecule has 0 radical (unpaired) electrons. The predicted octanol–water partition coefficient (Wildman–Crippen LogP) is 1.17. The van der Waals surface area contributed by atoms with Gasteiger partial charge in [0.05, 0.1) is 6.42 Å². The van der Waals surface area contributed by atoms with Crippen LogP contribution in [-0.2, 0) is 4.79 Å². The van der Waals surface area contributed by atoms with Gasteiger partial charge in [-0.1, -0.05) is 0 Å². The van der Waals surface area contributed by atoms with Gasteiger partial charge in [-0.25, -0.2) is 0 Å². The van der Waals surface area contributed by atoms with E-state index in [0.717, 1.165) is 25.6 Å². The summed E-state index contributed by atoms with van der Waals surface area (Å²) in [5.74, 6) is 0.130. The van der Waals surface area contributed by atoms with E-state index < -0.39 is 5.97 Å². The molecule has 0 bridgehead atoms. The van der Waals surface area contributed by atoms with Crippen LogP contribution in [0.1, 0.15) is 32.6 Å². The average molecular weight is 228 g/mol. The Labute approximate surface area is 98.0 Å². The number of aliphatic carboxylic acids is 1. The largest absolute Gasteiger partial charge is 0.481 e. The minimum Gasteiger partial charge on any atom is -0.481 e. The second kappa shape index (κ2) is 6.86. The van der Waals surface area contributed by atoms with Crippen LogP contribution in [0.25, 0.3) is 0 Å². The summed E-state index contributed by atoms with van der Waals surface area (Å²) in [5, 5.41) is 11.9. The Morgan fingerprint density at radius 2 is 2.12 bits per heavy atom. The SMILES string of the molecule is CNCCC1CCN(C(C)CC(=O)O)CC1. The van der Waals surface area contributed by atoms with E-state index in [1.165, 1.54) is 19.3 Å². The Hall–Kier alpha value is -0.610. The van der Waals surface area contributed by atoms with Crippen LogP contribution in [0.15, 0.2) is 0 Å². The van der Waals surface area contributed by atoms with E-state index in [0.29, 0.717) is 0 Å². The topological polar surface area (TPSA) is 52.6 Å². The third-order valence-corrected chi connectivity index (χ3v) is 3.55. The smallest absolute Gasteiger partial charge is 0.304 e. The molecule has 94 valence electrons. The molecule has 0 saturated carbocycles. The number of carbonyl (C=O) groups is 1. The van der Waals surface area contributed by atoms with Crippen molar-refractivity contribution in [2.24, 2.45) is 5.92 Å². The Kier molecular flexibility index (Phi) is 5.77. The zero-order chi connectivity index (χ0) is 12.0. The average Bonchev–Trinajstić information content (AvgIpc) is 2.26. The van der Waals surface area contributed by atoms with Gasteiger partial charge in [0, 0.05) is 6.04 Å². The molecular formula is C12H24N2O2. The van der Waals surface area contributed by atoms with Crippen molar-refractivity contribution >= 4 is 5.97 Å². The number of likely N-dealkylation sites (tertiary alicyclic amines) is 1. The summed E-state index contributed by atoms with van der Waals surface area (Å²) >= 11 is 0. The minimum absolute atomic E-state index is 0.183. The standard InChI is InChI=1S/C12H24N2O2/c1-10(9-12(15)16)14-7-4-11(5-8-14)3-6-13-2/h10-11,13H,3-9H2,1-2H3,(H,15,16). The van der Waals surface area contributed by atoms with Crippen LogP contribution in [0.5, 0.6) is 0 Å². The number of hydrogen-bond acceptors (Lipinski definition) is 3. The molecule has 1 aliphatic rings. The first-order valence-corrected chi connectivity index (χ1v) is 6.24. The first kappa shape index (κ1) is 13.5. The number of hydrogen-bond donors (Lipinski definition) is 2. The Morgan fingerprint density at radius 1 is 1.50 bits per heavy atom. The molecule has 2 N–H and O–H groups in total. The molecule has 1 atom stereocenters. The minimum atomic E-state index is -0.690. The fourth-order valence-corrected chi connectivity index (χ4v) is 2.41. The van der Waals surface area contributed by atoms with E-state index in [1.807, 2.05) is 14.0 Å². The highest BCUT2D eigenvalue weighted by molar-refractivity contribution is 5.67. The molecule has 4 heteroatoms. The zero-order valence-corrected chi connectivity index (χ0v) is 10.4. The lowest BCUT2D eigenvalue weighted by Gasteiger charge is -2.35. The number of carboxylic acids is 1. The molecule has 0 aliphatic carbocycles. The van der Waals surface area contributed by atoms with E-state index in [-0.39, 0.29) is 12.5 Å². The molecule has 0 amide bonds. The third-order valence-electron chi connectivity index (χ3n) is 3.55. The molecule has 0 aromatic rings. The first-order valence-electron chi connectivity index (χ1n) is 6.24. The van der Waals surface area contributed by atoms with Crippen molar-refractivity contribution in [1.29, 1.82) is 0 Å². The highest BCUT2D eigenvalue weighted by atomic mass is 16.4. The summed E-state index contributed by atoms with van der Waals surface area (Å²) in [6, 6.07) is 0.183. The maximum atomic E-state index is 10.6. The number of nitrogens with zero attached hydrogens (tertiary/aromatic N) is 1. The van der Waals surface area contributed by atoms with E-state index in [1.54, 1.807) is 0 Å². The van der Waals surface area contributed by atoms with Crippen molar-refractivity contribution < 1.29 is 9.90 Å². The number of carboxylic acid groups (broad SMARTS) is 1. The molecular weight excluding hydrogens is 204 g/mol. The Balaban J connectivity index is 2.23. The van der Waals surface area contributed by atoms with Crippen LogP contribution >= 0.6 is 0 Å². The van der Waals surface area contributed by atoms with E-state index in [4.69, 9.17) is 5.11 Å². The molecule has 1 unspecified atom stereocenters. The highest BCUT2D eigenvalue weighted by Crippen LogP contribution is 2.22. The summed E-state index contributed by atoms with van der Waals surface area (Å²) < 4.78 is 0. The Bertz CT molecular complexity index is 213. The first-order chi connectivity index (χ1) is 7.63. The number of rotatable bonds is 6. The van der Waals surface area contributed by atoms with Crippen molar-refractivity contribution in [3.05, 3.63) is 0 Å². The summed E-state index contributed by atoms with van der Waals surface area (Å²) in [4.78, 5) is 12.9. The van der Waals surface area contributed by atoms with Gasteiger partial charge < -0.3 is 15.3 Å². The maximum absolute atomic E-state index is 10.6. The van der Waals surface area contributed by atoms with Crippen LogP contribution in [0.2, 0.25) is 0 Å². The van der Waals surface area contributed by atoms with Crippen molar-refractivity contribution in [3.63, 3.8) is 0 Å². The lowest BCUT2D eigenvalue weighted by molar-refractivity contribution is -0.138. The second-order valence-electron chi connectivity index (χ2n) is 4.82. The van der Waals surface area contributed by atoms with Crippen LogP contribution in [0.3, 0.4) is 0 Å². The van der Waals surface area contributed by atoms with Gasteiger partial charge in [-0.05, 0) is 58.8 Å². The quantitative estimate of drug-likeness (QED) is 0.716. The van der Waals surface area contributed by atoms with Gasteiger partial charge in [-0.15, -0.1) is 0 Å². The molecule has 0 spiro atoms. The van der Waals surface area contributed by atoms with E-state index in [9.17, 15) is 4.79 Å². The Morgan fingerprint density at radius 3 is 2.62 bits per heavy atom. The van der Waals surface area contributed by atoms with Gasteiger partial charge >= 0.3 is 5.97 Å². The molecule has 1 heterocycles. The van der Waals surface area contributed by atoms with Crippen molar-refractivity contribution in [1.82, 2.24) is 10.2 Å². The molecule has 0 aromatic carbocycles. The van der Waals surface area contributed by atoms with Crippen molar-refractivity contribution in [3.8, 4) is 0 Å². The normalized spacial score (nSPS) is 20.9. The van der Waals surface area contributed by atoms with Crippen LogP contribution in [-0.4, -0.2) is 48.7 Å². The zero-order valence-electron chi connectivity index (χ0n) is 10.4. The van der Waals surface area contributed by atoms with Gasteiger partial charge in [0.15, 0.2) is 0 Å². The number of nitrogens with one attached hydrogen (secondary N) is 1. The lowest BCUT2D eigenvalue weighted by Crippen LogP contribution is -2.41. The van der Waals surface area contributed by atoms with Gasteiger partial charge in [-0.2, -0.15) is 0 Å². The van der Waals surface area contributed by atoms with Crippen LogP contribution < -0.4 is 5.32 Å². The van der Waals surface area contributed by atoms with Crippen LogP contribution in [0, 0.1) is 5.92 Å². The second-order valence-corrected chi connectivity index (χ2v) is 4.82. The predicted molar refractivity (Wildman–Crippen MR) is 64.6 cm³/mol. The summed E-state index contributed by atoms with van der Waals surface area (Å²) in [5.41, 5.74) is 0. The van der Waals surface area contributed by atoms with Crippen LogP contribution in [0.4, 0.5) is 0 Å². The van der Waals surface area contributed by atoms with Crippen molar-refractivity contribution in [2.75, 3.05) is 26.7 Å². The van der Waals surface area contributed by atoms with E-state index >= 15 is 0 Å². The van der Waals surface area contributed by atoms with E-state index in [2.05, 4.69) is 10.2 Å². The maximum Gasteiger partial charge on any atom is 0.304 e. The molecule has 4 nitrogen and oxygen atoms in total. The fourth-order valence-electron chi connectivity index (χ4n) is 2.41. The molecule has 1 saturated heterocycles. The van der Waals surface area contributed by atoms with Crippen molar-refractivity contribution in [2.45, 2.75) is 38.6 Å².